The van der Waals surface area contributed by atoms with Gasteiger partial charge in [0.2, 0.25) is 0 Å². The van der Waals surface area contributed by atoms with Crippen LogP contribution in [0.1, 0.15) is 17.3 Å². The molecule has 0 aliphatic rings. The Labute approximate surface area is 100 Å². The number of carbonyl (C=O) groups is 1. The molecule has 1 aromatic rings. The average molecular weight is 257 g/mol. The van der Waals surface area contributed by atoms with E-state index in [4.69, 9.17) is 5.11 Å². The van der Waals surface area contributed by atoms with Gasteiger partial charge in [-0.05, 0) is 31.2 Å². The topological polar surface area (TPSA) is 83.5 Å². The van der Waals surface area contributed by atoms with Gasteiger partial charge in [-0.3, -0.25) is 4.79 Å². The predicted octanol–water partition coefficient (Wildman–Crippen LogP) is 0.201. The van der Waals surface area contributed by atoms with Gasteiger partial charge in [-0.2, -0.15) is 0 Å². The normalized spacial score (nSPS) is 13.1. The lowest BCUT2D eigenvalue weighted by atomic mass is 10.2. The second-order valence-corrected chi connectivity index (χ2v) is 5.87. The Morgan fingerprint density at radius 3 is 2.29 bits per heavy atom. The quantitative estimate of drug-likeness (QED) is 0.807. The molecule has 0 spiro atoms. The van der Waals surface area contributed by atoms with Gasteiger partial charge in [0.25, 0.3) is 5.91 Å². The first-order valence-electron chi connectivity index (χ1n) is 5.06. The van der Waals surface area contributed by atoms with Gasteiger partial charge in [-0.1, -0.05) is 0 Å². The Balaban J connectivity index is 2.85. The molecular weight excluding hydrogens is 242 g/mol. The Morgan fingerprint density at radius 2 is 1.88 bits per heavy atom. The fraction of sp³-hybridized carbons (Fsp3) is 0.364. The maximum Gasteiger partial charge on any atom is 0.251 e. The lowest BCUT2D eigenvalue weighted by Crippen LogP contribution is -2.34. The highest BCUT2D eigenvalue weighted by Crippen LogP contribution is 2.10. The van der Waals surface area contributed by atoms with E-state index >= 15 is 0 Å². The minimum absolute atomic E-state index is 0.146. The van der Waals surface area contributed by atoms with E-state index in [0.29, 0.717) is 5.56 Å². The number of amides is 1. The van der Waals surface area contributed by atoms with E-state index in [0.717, 1.165) is 6.26 Å². The van der Waals surface area contributed by atoms with Crippen LogP contribution in [-0.2, 0) is 9.84 Å². The van der Waals surface area contributed by atoms with E-state index < -0.39 is 9.84 Å². The van der Waals surface area contributed by atoms with Gasteiger partial charge in [0.1, 0.15) is 0 Å². The van der Waals surface area contributed by atoms with Gasteiger partial charge in [0, 0.05) is 17.9 Å². The van der Waals surface area contributed by atoms with Crippen molar-refractivity contribution in [2.75, 3.05) is 12.9 Å². The third-order valence-corrected chi connectivity index (χ3v) is 3.32. The van der Waals surface area contributed by atoms with Gasteiger partial charge < -0.3 is 10.4 Å². The number of hydrogen-bond donors (Lipinski definition) is 2. The van der Waals surface area contributed by atoms with Crippen LogP contribution in [-0.4, -0.2) is 38.3 Å². The number of carbonyl (C=O) groups excluding carboxylic acids is 1. The molecule has 2 N–H and O–H groups in total. The summed E-state index contributed by atoms with van der Waals surface area (Å²) in [4.78, 5) is 11.8. The molecule has 0 bridgehead atoms. The van der Waals surface area contributed by atoms with E-state index in [9.17, 15) is 13.2 Å². The molecule has 0 saturated carbocycles. The van der Waals surface area contributed by atoms with Crippen LogP contribution < -0.4 is 5.32 Å². The van der Waals surface area contributed by atoms with Crippen molar-refractivity contribution >= 4 is 15.7 Å². The van der Waals surface area contributed by atoms with E-state index in [1.54, 1.807) is 6.92 Å². The highest BCUT2D eigenvalue weighted by Gasteiger charge is 2.11. The minimum Gasteiger partial charge on any atom is -0.394 e. The summed E-state index contributed by atoms with van der Waals surface area (Å²) >= 11 is 0. The van der Waals surface area contributed by atoms with Crippen LogP contribution in [0.5, 0.6) is 0 Å². The number of aliphatic hydroxyl groups is 1. The van der Waals surface area contributed by atoms with Crippen LogP contribution in [0.15, 0.2) is 29.2 Å². The molecule has 0 heterocycles. The number of nitrogens with one attached hydrogen (secondary N) is 1. The number of sulfone groups is 1. The van der Waals surface area contributed by atoms with Crippen LogP contribution in [0, 0.1) is 0 Å². The third-order valence-electron chi connectivity index (χ3n) is 2.20. The SMILES string of the molecule is C[C@@H](CO)NC(=O)c1ccc(S(C)(=O)=O)cc1. The predicted molar refractivity (Wildman–Crippen MR) is 63.6 cm³/mol. The molecule has 94 valence electrons. The molecule has 0 saturated heterocycles. The van der Waals surface area contributed by atoms with Gasteiger partial charge in [0.05, 0.1) is 11.5 Å². The average Bonchev–Trinajstić information content (AvgIpc) is 2.27. The van der Waals surface area contributed by atoms with Gasteiger partial charge in [0.15, 0.2) is 9.84 Å². The zero-order chi connectivity index (χ0) is 13.1. The van der Waals surface area contributed by atoms with Gasteiger partial charge in [-0.25, -0.2) is 8.42 Å². The van der Waals surface area contributed by atoms with Crippen molar-refractivity contribution in [2.45, 2.75) is 17.9 Å². The maximum absolute atomic E-state index is 11.6. The molecule has 0 aliphatic heterocycles. The van der Waals surface area contributed by atoms with Crippen molar-refractivity contribution in [3.8, 4) is 0 Å². The Kier molecular flexibility index (Phi) is 4.25. The minimum atomic E-state index is -3.24. The Hall–Kier alpha value is -1.40. The molecule has 1 rings (SSSR count). The maximum atomic E-state index is 11.6. The lowest BCUT2D eigenvalue weighted by molar-refractivity contribution is 0.0922. The van der Waals surface area contributed by atoms with Crippen molar-refractivity contribution in [1.82, 2.24) is 5.32 Å². The molecular formula is C11H15NO4S. The Morgan fingerprint density at radius 1 is 1.35 bits per heavy atom. The Bertz CT molecular complexity index is 493. The molecule has 1 aromatic carbocycles. The van der Waals surface area contributed by atoms with E-state index in [2.05, 4.69) is 5.32 Å². The highest BCUT2D eigenvalue weighted by molar-refractivity contribution is 7.90. The van der Waals surface area contributed by atoms with Crippen molar-refractivity contribution in [3.05, 3.63) is 29.8 Å². The molecule has 1 amide bonds. The van der Waals surface area contributed by atoms with E-state index in [1.165, 1.54) is 24.3 Å². The first-order chi connectivity index (χ1) is 7.84. The first-order valence-corrected chi connectivity index (χ1v) is 6.95. The van der Waals surface area contributed by atoms with Crippen LogP contribution in [0.25, 0.3) is 0 Å². The van der Waals surface area contributed by atoms with Crippen molar-refractivity contribution in [1.29, 1.82) is 0 Å². The highest BCUT2D eigenvalue weighted by atomic mass is 32.2. The summed E-state index contributed by atoms with van der Waals surface area (Å²) in [6, 6.07) is 5.31. The summed E-state index contributed by atoms with van der Waals surface area (Å²) in [5.41, 5.74) is 0.359. The van der Waals surface area contributed by atoms with E-state index in [-0.39, 0.29) is 23.5 Å². The number of hydrogen-bond acceptors (Lipinski definition) is 4. The molecule has 5 nitrogen and oxygen atoms in total. The monoisotopic (exact) mass is 257 g/mol. The molecule has 0 fully saturated rings. The third kappa shape index (κ3) is 3.83. The molecule has 1 atom stereocenters. The molecule has 0 unspecified atom stereocenters. The second-order valence-electron chi connectivity index (χ2n) is 3.85. The molecule has 17 heavy (non-hydrogen) atoms. The fourth-order valence-corrected chi connectivity index (χ4v) is 1.84. The largest absolute Gasteiger partial charge is 0.394 e. The summed E-state index contributed by atoms with van der Waals surface area (Å²) in [6.07, 6.45) is 1.11. The molecule has 0 radical (unpaired) electrons. The van der Waals surface area contributed by atoms with Gasteiger partial charge in [-0.15, -0.1) is 0 Å². The zero-order valence-corrected chi connectivity index (χ0v) is 10.5. The fourth-order valence-electron chi connectivity index (χ4n) is 1.21. The van der Waals surface area contributed by atoms with Crippen molar-refractivity contribution in [3.63, 3.8) is 0 Å². The van der Waals surface area contributed by atoms with Crippen LogP contribution >= 0.6 is 0 Å². The summed E-state index contributed by atoms with van der Waals surface area (Å²) in [5, 5.41) is 11.4. The van der Waals surface area contributed by atoms with E-state index in [1.807, 2.05) is 0 Å². The standard InChI is InChI=1S/C11H15NO4S/c1-8(7-13)12-11(14)9-3-5-10(6-4-9)17(2,15)16/h3-6,8,13H,7H2,1-2H3,(H,12,14)/t8-/m0/s1. The smallest absolute Gasteiger partial charge is 0.251 e. The zero-order valence-electron chi connectivity index (χ0n) is 9.67. The second kappa shape index (κ2) is 5.29. The first kappa shape index (κ1) is 13.7. The van der Waals surface area contributed by atoms with Gasteiger partial charge >= 0.3 is 0 Å². The summed E-state index contributed by atoms with van der Waals surface area (Å²) in [5.74, 6) is -0.341. The van der Waals surface area contributed by atoms with Crippen LogP contribution in [0.4, 0.5) is 0 Å². The molecule has 6 heteroatoms. The van der Waals surface area contributed by atoms with Crippen LogP contribution in [0.2, 0.25) is 0 Å². The summed E-state index contributed by atoms with van der Waals surface area (Å²) in [7, 11) is -3.24. The lowest BCUT2D eigenvalue weighted by Gasteiger charge is -2.10. The van der Waals surface area contributed by atoms with Crippen molar-refractivity contribution < 1.29 is 18.3 Å². The van der Waals surface area contributed by atoms with Crippen molar-refractivity contribution in [2.24, 2.45) is 0 Å². The number of rotatable bonds is 4. The number of aliphatic hydroxyl groups excluding tert-OH is 1. The molecule has 0 aromatic heterocycles. The summed E-state index contributed by atoms with van der Waals surface area (Å²) < 4.78 is 22.4. The summed E-state index contributed by atoms with van der Waals surface area (Å²) in [6.45, 7) is 1.52. The number of benzene rings is 1. The molecule has 0 aliphatic carbocycles. The van der Waals surface area contributed by atoms with Crippen LogP contribution in [0.3, 0.4) is 0 Å².